The number of hydrogen-bond donors (Lipinski definition) is 0. The van der Waals surface area contributed by atoms with E-state index in [2.05, 4.69) is 35.1 Å². The molecule has 1 saturated heterocycles. The lowest BCUT2D eigenvalue weighted by Crippen LogP contribution is -2.47. The van der Waals surface area contributed by atoms with Crippen LogP contribution in [0.15, 0.2) is 24.3 Å². The van der Waals surface area contributed by atoms with Gasteiger partial charge in [-0.3, -0.25) is 9.80 Å². The molecule has 84 valence electrons. The number of hydrogen-bond acceptors (Lipinski definition) is 4. The summed E-state index contributed by atoms with van der Waals surface area (Å²) >= 11 is 0. The normalized spacial score (nSPS) is 17.4. The number of nitrogens with zero attached hydrogens (tertiary/aromatic N) is 4. The molecule has 1 fully saturated rings. The van der Waals surface area contributed by atoms with E-state index >= 15 is 0 Å². The van der Waals surface area contributed by atoms with Gasteiger partial charge >= 0.3 is 0 Å². The molecule has 0 atom stereocenters. The zero-order valence-electron chi connectivity index (χ0n) is 9.45. The highest BCUT2D eigenvalue weighted by molar-refractivity contribution is 5.19. The van der Waals surface area contributed by atoms with Crippen molar-refractivity contribution in [2.24, 2.45) is 0 Å². The van der Waals surface area contributed by atoms with Gasteiger partial charge in [0.25, 0.3) is 0 Å². The highest BCUT2D eigenvalue weighted by atomic mass is 15.3. The molecule has 0 radical (unpaired) electrons. The second kappa shape index (κ2) is 6.07. The Bertz CT molecular complexity index is 314. The summed E-state index contributed by atoms with van der Waals surface area (Å²) in [7, 11) is 0. The smallest absolute Gasteiger partial charge is 0.0954 e. The van der Waals surface area contributed by atoms with Crippen molar-refractivity contribution in [3.8, 4) is 12.1 Å². The molecule has 0 aliphatic carbocycles. The van der Waals surface area contributed by atoms with Crippen molar-refractivity contribution in [1.29, 1.82) is 10.5 Å². The van der Waals surface area contributed by atoms with Crippen LogP contribution in [-0.2, 0) is 0 Å². The van der Waals surface area contributed by atoms with Crippen molar-refractivity contribution in [3.05, 3.63) is 24.3 Å². The molecule has 0 N–H and O–H groups in total. The van der Waals surface area contributed by atoms with Gasteiger partial charge in [0.1, 0.15) is 0 Å². The summed E-state index contributed by atoms with van der Waals surface area (Å²) in [6, 6.07) is 4.12. The fourth-order valence-corrected chi connectivity index (χ4v) is 1.72. The Morgan fingerprint density at radius 1 is 0.875 bits per heavy atom. The maximum Gasteiger partial charge on any atom is 0.0954 e. The van der Waals surface area contributed by atoms with E-state index in [4.69, 9.17) is 10.5 Å². The third-order valence-corrected chi connectivity index (χ3v) is 2.61. The Morgan fingerprint density at radius 3 is 1.44 bits per heavy atom. The van der Waals surface area contributed by atoms with Crippen molar-refractivity contribution >= 4 is 0 Å². The highest BCUT2D eigenvalue weighted by Crippen LogP contribution is 2.05. The summed E-state index contributed by atoms with van der Waals surface area (Å²) in [4.78, 5) is 4.41. The molecule has 1 heterocycles. The number of rotatable bonds is 4. The van der Waals surface area contributed by atoms with E-state index in [0.717, 1.165) is 26.2 Å². The Hall–Kier alpha value is -1.62. The van der Waals surface area contributed by atoms with E-state index in [-0.39, 0.29) is 0 Å². The first-order valence-corrected chi connectivity index (χ1v) is 5.26. The minimum atomic E-state index is 0.606. The second-order valence-electron chi connectivity index (χ2n) is 3.98. The molecule has 0 aromatic heterocycles. The van der Waals surface area contributed by atoms with Crippen molar-refractivity contribution in [2.45, 2.75) is 0 Å². The predicted octanol–water partition coefficient (Wildman–Crippen LogP) is 0.764. The maximum absolute atomic E-state index is 8.63. The van der Waals surface area contributed by atoms with Crippen LogP contribution in [0.1, 0.15) is 0 Å². The lowest BCUT2D eigenvalue weighted by atomic mass is 10.2. The first-order valence-electron chi connectivity index (χ1n) is 5.26. The average molecular weight is 216 g/mol. The van der Waals surface area contributed by atoms with E-state index in [1.54, 1.807) is 0 Å². The Kier molecular flexibility index (Phi) is 4.72. The lowest BCUT2D eigenvalue weighted by molar-refractivity contribution is 0.151. The zero-order valence-corrected chi connectivity index (χ0v) is 9.45. The molecule has 0 unspecified atom stereocenters. The van der Waals surface area contributed by atoms with Crippen molar-refractivity contribution in [3.63, 3.8) is 0 Å². The first kappa shape index (κ1) is 12.4. The van der Waals surface area contributed by atoms with Crippen molar-refractivity contribution in [1.82, 2.24) is 9.80 Å². The van der Waals surface area contributed by atoms with Gasteiger partial charge in [0.2, 0.25) is 0 Å². The standard InChI is InChI=1S/C12H16N4/c1-11(7-13)9-15-3-5-16(6-4-15)10-12(2)8-14/h1-6,9-10H2. The van der Waals surface area contributed by atoms with Gasteiger partial charge < -0.3 is 0 Å². The third-order valence-electron chi connectivity index (χ3n) is 2.61. The van der Waals surface area contributed by atoms with Crippen LogP contribution < -0.4 is 0 Å². The van der Waals surface area contributed by atoms with Crippen LogP contribution in [-0.4, -0.2) is 49.1 Å². The van der Waals surface area contributed by atoms with Gasteiger partial charge in [0.15, 0.2) is 0 Å². The first-order chi connectivity index (χ1) is 7.65. The van der Waals surface area contributed by atoms with Crippen LogP contribution in [0.3, 0.4) is 0 Å². The summed E-state index contributed by atoms with van der Waals surface area (Å²) in [6.07, 6.45) is 0. The van der Waals surface area contributed by atoms with Crippen molar-refractivity contribution < 1.29 is 0 Å². The van der Waals surface area contributed by atoms with Crippen LogP contribution in [0.2, 0.25) is 0 Å². The number of nitriles is 2. The van der Waals surface area contributed by atoms with E-state index in [0.29, 0.717) is 24.2 Å². The van der Waals surface area contributed by atoms with E-state index < -0.39 is 0 Å². The van der Waals surface area contributed by atoms with Crippen LogP contribution in [0.4, 0.5) is 0 Å². The molecule has 1 aliphatic heterocycles. The molecule has 1 aliphatic rings. The quantitative estimate of drug-likeness (QED) is 0.651. The molecule has 0 saturated carbocycles. The van der Waals surface area contributed by atoms with Crippen LogP contribution in [0.25, 0.3) is 0 Å². The molecule has 4 heteroatoms. The summed E-state index contributed by atoms with van der Waals surface area (Å²) in [5, 5.41) is 17.3. The summed E-state index contributed by atoms with van der Waals surface area (Å²) in [5.41, 5.74) is 1.21. The Labute approximate surface area is 96.7 Å². The fourth-order valence-electron chi connectivity index (χ4n) is 1.72. The predicted molar refractivity (Wildman–Crippen MR) is 62.4 cm³/mol. The SMILES string of the molecule is C=C(C#N)CN1CCN(CC(=C)C#N)CC1. The highest BCUT2D eigenvalue weighted by Gasteiger charge is 2.17. The van der Waals surface area contributed by atoms with Gasteiger partial charge in [-0.05, 0) is 0 Å². The van der Waals surface area contributed by atoms with Gasteiger partial charge in [-0.15, -0.1) is 0 Å². The Balaban J connectivity index is 2.30. The molecule has 0 aromatic carbocycles. The van der Waals surface area contributed by atoms with Gasteiger partial charge in [-0.25, -0.2) is 0 Å². The van der Waals surface area contributed by atoms with Gasteiger partial charge in [0, 0.05) is 50.4 Å². The molecular formula is C12H16N4. The lowest BCUT2D eigenvalue weighted by Gasteiger charge is -2.34. The monoisotopic (exact) mass is 216 g/mol. The van der Waals surface area contributed by atoms with Crippen LogP contribution in [0.5, 0.6) is 0 Å². The maximum atomic E-state index is 8.63. The van der Waals surface area contributed by atoms with E-state index in [9.17, 15) is 0 Å². The largest absolute Gasteiger partial charge is 0.296 e. The molecular weight excluding hydrogens is 200 g/mol. The average Bonchev–Trinajstić information content (AvgIpc) is 2.31. The molecule has 0 amide bonds. The minimum Gasteiger partial charge on any atom is -0.296 e. The van der Waals surface area contributed by atoms with Gasteiger partial charge in [0.05, 0.1) is 12.1 Å². The topological polar surface area (TPSA) is 54.1 Å². The third kappa shape index (κ3) is 3.86. The van der Waals surface area contributed by atoms with Crippen LogP contribution >= 0.6 is 0 Å². The molecule has 4 nitrogen and oxygen atoms in total. The fraction of sp³-hybridized carbons (Fsp3) is 0.500. The summed E-state index contributed by atoms with van der Waals surface area (Å²) in [6.45, 7) is 12.3. The molecule has 1 rings (SSSR count). The minimum absolute atomic E-state index is 0.606. The second-order valence-corrected chi connectivity index (χ2v) is 3.98. The molecule has 0 aromatic rings. The van der Waals surface area contributed by atoms with E-state index in [1.165, 1.54) is 0 Å². The zero-order chi connectivity index (χ0) is 12.0. The van der Waals surface area contributed by atoms with Gasteiger partial charge in [-0.1, -0.05) is 13.2 Å². The van der Waals surface area contributed by atoms with Gasteiger partial charge in [-0.2, -0.15) is 10.5 Å². The van der Waals surface area contributed by atoms with E-state index in [1.807, 2.05) is 0 Å². The molecule has 0 bridgehead atoms. The molecule has 16 heavy (non-hydrogen) atoms. The summed E-state index contributed by atoms with van der Waals surface area (Å²) < 4.78 is 0. The Morgan fingerprint density at radius 2 is 1.19 bits per heavy atom. The number of piperazine rings is 1. The van der Waals surface area contributed by atoms with Crippen molar-refractivity contribution in [2.75, 3.05) is 39.3 Å². The molecule has 0 spiro atoms. The summed E-state index contributed by atoms with van der Waals surface area (Å²) in [5.74, 6) is 0. The van der Waals surface area contributed by atoms with Crippen LogP contribution in [0, 0.1) is 22.7 Å².